The van der Waals surface area contributed by atoms with Gasteiger partial charge in [-0.05, 0) is 31.0 Å². The zero-order valence-electron chi connectivity index (χ0n) is 10.0. The highest BCUT2D eigenvalue weighted by Gasteiger charge is 2.11. The van der Waals surface area contributed by atoms with Crippen LogP contribution in [-0.4, -0.2) is 19.6 Å². The minimum atomic E-state index is -0.475. The summed E-state index contributed by atoms with van der Waals surface area (Å²) >= 11 is 0. The number of hydrogen-bond donors (Lipinski definition) is 2. The predicted molar refractivity (Wildman–Crippen MR) is 65.3 cm³/mol. The second-order valence-corrected chi connectivity index (χ2v) is 3.78. The third-order valence-corrected chi connectivity index (χ3v) is 2.47. The van der Waals surface area contributed by atoms with Crippen LogP contribution < -0.4 is 11.1 Å². The Morgan fingerprint density at radius 2 is 2.24 bits per heavy atom. The van der Waals surface area contributed by atoms with Crippen LogP contribution in [0.2, 0.25) is 0 Å². The molecule has 94 valence electrons. The lowest BCUT2D eigenvalue weighted by molar-refractivity contribution is -0.116. The average molecular weight is 240 g/mol. The van der Waals surface area contributed by atoms with E-state index >= 15 is 0 Å². The molecule has 1 rings (SSSR count). The topological polar surface area (TPSA) is 64.3 Å². The van der Waals surface area contributed by atoms with E-state index in [0.717, 1.165) is 0 Å². The van der Waals surface area contributed by atoms with Crippen LogP contribution in [0.15, 0.2) is 12.1 Å². The molecule has 0 unspecified atom stereocenters. The van der Waals surface area contributed by atoms with Crippen LogP contribution in [0, 0.1) is 12.7 Å². The lowest BCUT2D eigenvalue weighted by atomic mass is 10.1. The van der Waals surface area contributed by atoms with Gasteiger partial charge < -0.3 is 15.8 Å². The second kappa shape index (κ2) is 6.20. The highest BCUT2D eigenvalue weighted by molar-refractivity contribution is 5.92. The van der Waals surface area contributed by atoms with Crippen LogP contribution in [-0.2, 0) is 9.53 Å². The van der Waals surface area contributed by atoms with E-state index in [1.54, 1.807) is 14.0 Å². The molecule has 1 aromatic carbocycles. The number of ether oxygens (including phenoxy) is 1. The molecule has 0 aliphatic rings. The van der Waals surface area contributed by atoms with Crippen LogP contribution in [0.5, 0.6) is 0 Å². The number of nitrogens with one attached hydrogen (secondary N) is 1. The maximum absolute atomic E-state index is 13.5. The quantitative estimate of drug-likeness (QED) is 0.611. The van der Waals surface area contributed by atoms with Gasteiger partial charge in [-0.3, -0.25) is 4.79 Å². The van der Waals surface area contributed by atoms with Gasteiger partial charge in [-0.15, -0.1) is 0 Å². The summed E-state index contributed by atoms with van der Waals surface area (Å²) in [4.78, 5) is 11.5. The largest absolute Gasteiger partial charge is 0.398 e. The Bertz CT molecular complexity index is 408. The third kappa shape index (κ3) is 3.71. The molecule has 0 fully saturated rings. The Hall–Kier alpha value is -1.62. The van der Waals surface area contributed by atoms with E-state index in [1.165, 1.54) is 12.1 Å². The van der Waals surface area contributed by atoms with Gasteiger partial charge in [0.05, 0.1) is 5.69 Å². The van der Waals surface area contributed by atoms with Gasteiger partial charge in [0.15, 0.2) is 0 Å². The first kappa shape index (κ1) is 13.4. The number of amides is 1. The van der Waals surface area contributed by atoms with Gasteiger partial charge >= 0.3 is 0 Å². The van der Waals surface area contributed by atoms with Gasteiger partial charge in [-0.1, -0.05) is 0 Å². The van der Waals surface area contributed by atoms with Gasteiger partial charge in [0.2, 0.25) is 5.91 Å². The van der Waals surface area contributed by atoms with E-state index in [0.29, 0.717) is 30.7 Å². The van der Waals surface area contributed by atoms with Gasteiger partial charge in [0.1, 0.15) is 5.82 Å². The number of methoxy groups -OCH3 is 1. The van der Waals surface area contributed by atoms with Crippen molar-refractivity contribution in [2.45, 2.75) is 19.8 Å². The first-order valence-corrected chi connectivity index (χ1v) is 5.39. The highest BCUT2D eigenvalue weighted by Crippen LogP contribution is 2.24. The summed E-state index contributed by atoms with van der Waals surface area (Å²) in [6.07, 6.45) is 0.896. The Morgan fingerprint density at radius 1 is 1.53 bits per heavy atom. The van der Waals surface area contributed by atoms with Gasteiger partial charge in [0.25, 0.3) is 0 Å². The Morgan fingerprint density at radius 3 is 2.88 bits per heavy atom. The van der Waals surface area contributed by atoms with Crippen LogP contribution in [0.25, 0.3) is 0 Å². The van der Waals surface area contributed by atoms with Crippen molar-refractivity contribution in [3.63, 3.8) is 0 Å². The summed E-state index contributed by atoms with van der Waals surface area (Å²) in [5, 5.41) is 2.53. The van der Waals surface area contributed by atoms with Gasteiger partial charge in [0, 0.05) is 25.8 Å². The Balaban J connectivity index is 2.68. The molecule has 0 aliphatic carbocycles. The summed E-state index contributed by atoms with van der Waals surface area (Å²) in [6, 6.07) is 2.72. The minimum absolute atomic E-state index is 0.160. The van der Waals surface area contributed by atoms with E-state index in [-0.39, 0.29) is 11.6 Å². The smallest absolute Gasteiger partial charge is 0.224 e. The highest BCUT2D eigenvalue weighted by atomic mass is 19.1. The number of anilines is 2. The fourth-order valence-electron chi connectivity index (χ4n) is 1.43. The molecule has 0 radical (unpaired) electrons. The van der Waals surface area contributed by atoms with Crippen LogP contribution in [0.1, 0.15) is 18.4 Å². The molecule has 0 saturated carbocycles. The molecule has 0 saturated heterocycles. The lowest BCUT2D eigenvalue weighted by Gasteiger charge is -2.11. The third-order valence-electron chi connectivity index (χ3n) is 2.47. The summed E-state index contributed by atoms with van der Waals surface area (Å²) in [7, 11) is 1.57. The van der Waals surface area contributed by atoms with E-state index < -0.39 is 5.82 Å². The standard InChI is InChI=1S/C12H17FN2O2/c1-8-10(14)6-5-9(13)12(8)15-11(16)4-3-7-17-2/h5-6H,3-4,7,14H2,1-2H3,(H,15,16). The van der Waals surface area contributed by atoms with E-state index in [9.17, 15) is 9.18 Å². The number of carbonyl (C=O) groups excluding carboxylic acids is 1. The number of nitrogens with two attached hydrogens (primary N) is 1. The fraction of sp³-hybridized carbons (Fsp3) is 0.417. The van der Waals surface area contributed by atoms with Crippen molar-refractivity contribution in [3.05, 3.63) is 23.5 Å². The number of carbonyl (C=O) groups is 1. The number of benzene rings is 1. The molecule has 0 spiro atoms. The van der Waals surface area contributed by atoms with Gasteiger partial charge in [-0.2, -0.15) is 0 Å². The number of hydrogen-bond acceptors (Lipinski definition) is 3. The number of rotatable bonds is 5. The first-order chi connectivity index (χ1) is 8.06. The van der Waals surface area contributed by atoms with Crippen molar-refractivity contribution in [2.24, 2.45) is 0 Å². The molecule has 0 bridgehead atoms. The van der Waals surface area contributed by atoms with E-state index in [2.05, 4.69) is 5.32 Å². The summed E-state index contributed by atoms with van der Waals surface area (Å²) in [5.74, 6) is -0.716. The molecular weight excluding hydrogens is 223 g/mol. The molecule has 17 heavy (non-hydrogen) atoms. The molecule has 5 heteroatoms. The van der Waals surface area contributed by atoms with E-state index in [4.69, 9.17) is 10.5 Å². The zero-order valence-corrected chi connectivity index (χ0v) is 10.0. The molecular formula is C12H17FN2O2. The van der Waals surface area contributed by atoms with Crippen LogP contribution in [0.3, 0.4) is 0 Å². The molecule has 0 atom stereocenters. The second-order valence-electron chi connectivity index (χ2n) is 3.78. The van der Waals surface area contributed by atoms with Crippen molar-refractivity contribution < 1.29 is 13.9 Å². The minimum Gasteiger partial charge on any atom is -0.398 e. The molecule has 0 aromatic heterocycles. The summed E-state index contributed by atoms with van der Waals surface area (Å²) in [6.45, 7) is 2.18. The molecule has 4 nitrogen and oxygen atoms in total. The molecule has 3 N–H and O–H groups in total. The molecule has 0 heterocycles. The van der Waals surface area contributed by atoms with Crippen LogP contribution >= 0.6 is 0 Å². The Labute approximate surface area is 100.0 Å². The summed E-state index contributed by atoms with van der Waals surface area (Å²) in [5.41, 5.74) is 6.81. The monoisotopic (exact) mass is 240 g/mol. The maximum Gasteiger partial charge on any atom is 0.224 e. The lowest BCUT2D eigenvalue weighted by Crippen LogP contribution is -2.14. The van der Waals surface area contributed by atoms with Crippen molar-refractivity contribution in [1.29, 1.82) is 0 Å². The first-order valence-electron chi connectivity index (χ1n) is 5.39. The molecule has 0 aliphatic heterocycles. The number of halogens is 1. The normalized spacial score (nSPS) is 10.3. The fourth-order valence-corrected chi connectivity index (χ4v) is 1.43. The Kier molecular flexibility index (Phi) is 4.90. The SMILES string of the molecule is COCCCC(=O)Nc1c(F)ccc(N)c1C. The van der Waals surface area contributed by atoms with Crippen molar-refractivity contribution >= 4 is 17.3 Å². The number of nitrogen functional groups attached to an aromatic ring is 1. The van der Waals surface area contributed by atoms with Gasteiger partial charge in [-0.25, -0.2) is 4.39 Å². The average Bonchev–Trinajstić information content (AvgIpc) is 2.30. The predicted octanol–water partition coefficient (Wildman–Crippen LogP) is 2.08. The maximum atomic E-state index is 13.5. The van der Waals surface area contributed by atoms with Crippen molar-refractivity contribution in [3.8, 4) is 0 Å². The summed E-state index contributed by atoms with van der Waals surface area (Å²) < 4.78 is 18.3. The zero-order chi connectivity index (χ0) is 12.8. The van der Waals surface area contributed by atoms with Crippen LogP contribution in [0.4, 0.5) is 15.8 Å². The van der Waals surface area contributed by atoms with Crippen molar-refractivity contribution in [2.75, 3.05) is 24.8 Å². The molecule has 1 aromatic rings. The van der Waals surface area contributed by atoms with Crippen molar-refractivity contribution in [1.82, 2.24) is 0 Å². The van der Waals surface area contributed by atoms with E-state index in [1.807, 2.05) is 0 Å². The molecule has 1 amide bonds.